The Kier molecular flexibility index (Phi) is 2.25. The van der Waals surface area contributed by atoms with E-state index in [-0.39, 0.29) is 0 Å². The van der Waals surface area contributed by atoms with Crippen LogP contribution in [0.4, 0.5) is 0 Å². The lowest BCUT2D eigenvalue weighted by molar-refractivity contribution is 0.742. The van der Waals surface area contributed by atoms with Gasteiger partial charge >= 0.3 is 0 Å². The predicted molar refractivity (Wildman–Crippen MR) is 63.2 cm³/mol. The molecule has 2 unspecified atom stereocenters. The fourth-order valence-corrected chi connectivity index (χ4v) is 2.54. The number of nitrogens with one attached hydrogen (secondary N) is 1. The Morgan fingerprint density at radius 3 is 2.62 bits per heavy atom. The highest BCUT2D eigenvalue weighted by molar-refractivity contribution is 5.32. The van der Waals surface area contributed by atoms with E-state index < -0.39 is 0 Å². The second-order valence-electron chi connectivity index (χ2n) is 5.47. The van der Waals surface area contributed by atoms with Gasteiger partial charge < -0.3 is 5.32 Å². The second-order valence-corrected chi connectivity index (χ2v) is 5.47. The summed E-state index contributed by atoms with van der Waals surface area (Å²) < 4.78 is 0. The Labute approximate surface area is 96.7 Å². The highest BCUT2D eigenvalue weighted by Gasteiger charge is 2.37. The van der Waals surface area contributed by atoms with Crippen LogP contribution in [0.25, 0.3) is 0 Å². The number of fused-ring (bicyclic) bond motifs is 1. The van der Waals surface area contributed by atoms with E-state index in [0.29, 0.717) is 11.8 Å². The molecule has 16 heavy (non-hydrogen) atoms. The number of hydrogen-bond donors (Lipinski definition) is 1. The summed E-state index contributed by atoms with van der Waals surface area (Å²) in [6.45, 7) is 8.60. The summed E-state index contributed by atoms with van der Waals surface area (Å²) in [6, 6.07) is 0. The predicted octanol–water partition coefficient (Wildman–Crippen LogP) is 2.33. The molecule has 86 valence electrons. The van der Waals surface area contributed by atoms with Crippen molar-refractivity contribution in [3.63, 3.8) is 0 Å². The molecule has 0 aromatic carbocycles. The van der Waals surface area contributed by atoms with Gasteiger partial charge in [-0.25, -0.2) is 9.97 Å². The maximum absolute atomic E-state index is 4.81. The van der Waals surface area contributed by atoms with E-state index in [2.05, 4.69) is 26.1 Å². The van der Waals surface area contributed by atoms with Gasteiger partial charge in [0.15, 0.2) is 0 Å². The summed E-state index contributed by atoms with van der Waals surface area (Å²) in [5.74, 6) is 3.01. The molecule has 3 rings (SSSR count). The molecule has 1 aromatic rings. The normalized spacial score (nSPS) is 27.2. The van der Waals surface area contributed by atoms with Crippen LogP contribution >= 0.6 is 0 Å². The monoisotopic (exact) mass is 217 g/mol. The molecule has 2 heterocycles. The van der Waals surface area contributed by atoms with Crippen molar-refractivity contribution in [2.24, 2.45) is 5.92 Å². The summed E-state index contributed by atoms with van der Waals surface area (Å²) in [6.07, 6.45) is 1.27. The highest BCUT2D eigenvalue weighted by atomic mass is 15.0. The lowest BCUT2D eigenvalue weighted by Crippen LogP contribution is -2.07. The standard InChI is InChI=1S/C13H19N3/c1-7(2)12-10-5-14-6-11(10)15-13(16-12)9-4-8(9)3/h7-9,14H,4-6H2,1-3H3. The van der Waals surface area contributed by atoms with Crippen LogP contribution in [-0.2, 0) is 13.1 Å². The minimum Gasteiger partial charge on any atom is -0.307 e. The van der Waals surface area contributed by atoms with E-state index in [4.69, 9.17) is 9.97 Å². The molecule has 0 amide bonds. The van der Waals surface area contributed by atoms with E-state index in [1.807, 2.05) is 0 Å². The van der Waals surface area contributed by atoms with Crippen molar-refractivity contribution in [2.45, 2.75) is 52.1 Å². The van der Waals surface area contributed by atoms with Gasteiger partial charge in [-0.15, -0.1) is 0 Å². The van der Waals surface area contributed by atoms with Crippen molar-refractivity contribution in [3.05, 3.63) is 22.8 Å². The third-order valence-corrected chi connectivity index (χ3v) is 3.72. The molecule has 1 aliphatic carbocycles. The van der Waals surface area contributed by atoms with Crippen LogP contribution < -0.4 is 5.32 Å². The van der Waals surface area contributed by atoms with Crippen LogP contribution in [0.15, 0.2) is 0 Å². The molecular formula is C13H19N3. The average Bonchev–Trinajstić information content (AvgIpc) is 2.79. The smallest absolute Gasteiger partial charge is 0.132 e. The third kappa shape index (κ3) is 1.54. The van der Waals surface area contributed by atoms with E-state index in [0.717, 1.165) is 24.8 Å². The van der Waals surface area contributed by atoms with Gasteiger partial charge in [0.05, 0.1) is 11.4 Å². The van der Waals surface area contributed by atoms with Gasteiger partial charge in [-0.3, -0.25) is 0 Å². The van der Waals surface area contributed by atoms with Crippen LogP contribution in [0.5, 0.6) is 0 Å². The fraction of sp³-hybridized carbons (Fsp3) is 0.692. The van der Waals surface area contributed by atoms with Gasteiger partial charge in [0.1, 0.15) is 5.82 Å². The largest absolute Gasteiger partial charge is 0.307 e. The minimum atomic E-state index is 0.504. The average molecular weight is 217 g/mol. The van der Waals surface area contributed by atoms with E-state index in [1.54, 1.807) is 0 Å². The van der Waals surface area contributed by atoms with Crippen molar-refractivity contribution in [3.8, 4) is 0 Å². The molecule has 1 aliphatic heterocycles. The maximum atomic E-state index is 4.81. The SMILES string of the molecule is CC(C)c1nc(C2CC2C)nc2c1CNC2. The summed E-state index contributed by atoms with van der Waals surface area (Å²) >= 11 is 0. The van der Waals surface area contributed by atoms with Crippen molar-refractivity contribution in [1.29, 1.82) is 0 Å². The molecule has 2 aliphatic rings. The molecule has 0 saturated heterocycles. The van der Waals surface area contributed by atoms with Crippen LogP contribution in [0.1, 0.15) is 61.8 Å². The lowest BCUT2D eigenvalue weighted by Gasteiger charge is -2.12. The molecule has 3 heteroatoms. The molecule has 2 atom stereocenters. The Balaban J connectivity index is 2.06. The molecule has 0 spiro atoms. The Hall–Kier alpha value is -0.960. The van der Waals surface area contributed by atoms with Crippen LogP contribution in [0, 0.1) is 5.92 Å². The molecule has 1 saturated carbocycles. The highest BCUT2D eigenvalue weighted by Crippen LogP contribution is 2.46. The zero-order valence-corrected chi connectivity index (χ0v) is 10.2. The third-order valence-electron chi connectivity index (χ3n) is 3.72. The van der Waals surface area contributed by atoms with Gasteiger partial charge in [-0.2, -0.15) is 0 Å². The lowest BCUT2D eigenvalue weighted by atomic mass is 10.0. The summed E-state index contributed by atoms with van der Waals surface area (Å²) in [5, 5.41) is 3.38. The molecular weight excluding hydrogens is 198 g/mol. The minimum absolute atomic E-state index is 0.504. The first-order chi connectivity index (χ1) is 7.66. The first kappa shape index (κ1) is 10.2. The van der Waals surface area contributed by atoms with Crippen molar-refractivity contribution < 1.29 is 0 Å². The zero-order valence-electron chi connectivity index (χ0n) is 10.2. The summed E-state index contributed by atoms with van der Waals surface area (Å²) in [4.78, 5) is 9.54. The molecule has 1 aromatic heterocycles. The van der Waals surface area contributed by atoms with Crippen molar-refractivity contribution in [2.75, 3.05) is 0 Å². The second kappa shape index (κ2) is 3.52. The Morgan fingerprint density at radius 2 is 2.00 bits per heavy atom. The molecule has 1 N–H and O–H groups in total. The Bertz CT molecular complexity index is 425. The quantitative estimate of drug-likeness (QED) is 0.826. The molecule has 1 fully saturated rings. The van der Waals surface area contributed by atoms with Gasteiger partial charge in [-0.05, 0) is 18.3 Å². The van der Waals surface area contributed by atoms with E-state index in [1.165, 1.54) is 23.4 Å². The van der Waals surface area contributed by atoms with Crippen molar-refractivity contribution in [1.82, 2.24) is 15.3 Å². The van der Waals surface area contributed by atoms with Gasteiger partial charge in [0.25, 0.3) is 0 Å². The maximum Gasteiger partial charge on any atom is 0.132 e. The van der Waals surface area contributed by atoms with Gasteiger partial charge in [-0.1, -0.05) is 20.8 Å². The molecule has 3 nitrogen and oxygen atoms in total. The number of nitrogens with zero attached hydrogens (tertiary/aromatic N) is 2. The van der Waals surface area contributed by atoms with E-state index in [9.17, 15) is 0 Å². The Morgan fingerprint density at radius 1 is 1.25 bits per heavy atom. The zero-order chi connectivity index (χ0) is 11.3. The number of rotatable bonds is 2. The first-order valence-corrected chi connectivity index (χ1v) is 6.27. The number of hydrogen-bond acceptors (Lipinski definition) is 3. The van der Waals surface area contributed by atoms with E-state index >= 15 is 0 Å². The summed E-state index contributed by atoms with van der Waals surface area (Å²) in [5.41, 5.74) is 3.86. The van der Waals surface area contributed by atoms with Crippen LogP contribution in [-0.4, -0.2) is 9.97 Å². The van der Waals surface area contributed by atoms with Gasteiger partial charge in [0.2, 0.25) is 0 Å². The topological polar surface area (TPSA) is 37.8 Å². The van der Waals surface area contributed by atoms with Crippen molar-refractivity contribution >= 4 is 0 Å². The van der Waals surface area contributed by atoms with Crippen LogP contribution in [0.2, 0.25) is 0 Å². The first-order valence-electron chi connectivity index (χ1n) is 6.27. The fourth-order valence-electron chi connectivity index (χ4n) is 2.54. The summed E-state index contributed by atoms with van der Waals surface area (Å²) in [7, 11) is 0. The van der Waals surface area contributed by atoms with Gasteiger partial charge in [0, 0.05) is 24.6 Å². The van der Waals surface area contributed by atoms with Crippen LogP contribution in [0.3, 0.4) is 0 Å². The molecule has 0 bridgehead atoms. The number of aromatic nitrogens is 2. The molecule has 0 radical (unpaired) electrons.